The molecule has 0 aromatic rings. The topological polar surface area (TPSA) is 43.4 Å². The number of rotatable bonds is 11. The van der Waals surface area contributed by atoms with Gasteiger partial charge in [0, 0.05) is 6.42 Å². The molecule has 0 aliphatic carbocycles. The zero-order valence-corrected chi connectivity index (χ0v) is 11.3. The Kier molecular flexibility index (Phi) is 11.0. The highest BCUT2D eigenvalue weighted by atomic mass is 16.5. The first-order valence-corrected chi connectivity index (χ1v) is 6.92. The fourth-order valence-electron chi connectivity index (χ4n) is 1.59. The fourth-order valence-corrected chi connectivity index (χ4v) is 1.59. The van der Waals surface area contributed by atoms with Crippen molar-refractivity contribution >= 4 is 11.8 Å². The standard InChI is InChI=1S/C14H26O3/c1-3-5-7-8-9-11-13(15)14(16)17-12-10-6-4-2/h3-12H2,1-2H3. The SMILES string of the molecule is CCCCCCCC(=O)C(=O)OCCCCC. The summed E-state index contributed by atoms with van der Waals surface area (Å²) in [5, 5.41) is 0. The van der Waals surface area contributed by atoms with E-state index in [0.717, 1.165) is 38.5 Å². The Morgan fingerprint density at radius 3 is 2.06 bits per heavy atom. The molecule has 0 unspecified atom stereocenters. The van der Waals surface area contributed by atoms with Crippen molar-refractivity contribution in [1.29, 1.82) is 0 Å². The molecule has 0 aromatic carbocycles. The first-order valence-electron chi connectivity index (χ1n) is 6.92. The molecule has 0 bridgehead atoms. The molecule has 0 saturated carbocycles. The number of carbonyl (C=O) groups is 2. The third-order valence-corrected chi connectivity index (χ3v) is 2.72. The Balaban J connectivity index is 3.44. The quantitative estimate of drug-likeness (QED) is 0.315. The van der Waals surface area contributed by atoms with Crippen LogP contribution in [0.5, 0.6) is 0 Å². The van der Waals surface area contributed by atoms with E-state index in [2.05, 4.69) is 13.8 Å². The minimum absolute atomic E-state index is 0.344. The van der Waals surface area contributed by atoms with Crippen LogP contribution in [-0.2, 0) is 14.3 Å². The molecule has 0 heterocycles. The minimum atomic E-state index is -0.642. The molecule has 100 valence electrons. The van der Waals surface area contributed by atoms with Crippen LogP contribution in [0, 0.1) is 0 Å². The maximum absolute atomic E-state index is 11.4. The molecule has 17 heavy (non-hydrogen) atoms. The molecule has 0 fully saturated rings. The predicted octanol–water partition coefficient (Wildman–Crippen LogP) is 3.65. The molecule has 0 spiro atoms. The Labute approximate surface area is 105 Å². The van der Waals surface area contributed by atoms with E-state index in [4.69, 9.17) is 4.74 Å². The molecule has 3 heteroatoms. The van der Waals surface area contributed by atoms with Crippen LogP contribution in [0.3, 0.4) is 0 Å². The number of esters is 1. The van der Waals surface area contributed by atoms with Gasteiger partial charge in [0.05, 0.1) is 6.61 Å². The number of Topliss-reactive ketones (excluding diaryl/α,β-unsaturated/α-hetero) is 1. The number of hydrogen-bond donors (Lipinski definition) is 0. The molecule has 0 rings (SSSR count). The Morgan fingerprint density at radius 1 is 0.824 bits per heavy atom. The van der Waals surface area contributed by atoms with Crippen LogP contribution in [-0.4, -0.2) is 18.4 Å². The summed E-state index contributed by atoms with van der Waals surface area (Å²) in [4.78, 5) is 22.6. The van der Waals surface area contributed by atoms with Gasteiger partial charge in [-0.25, -0.2) is 4.79 Å². The molecule has 3 nitrogen and oxygen atoms in total. The van der Waals surface area contributed by atoms with E-state index in [1.165, 1.54) is 12.8 Å². The molecule has 0 saturated heterocycles. The van der Waals surface area contributed by atoms with Gasteiger partial charge in [-0.1, -0.05) is 52.4 Å². The maximum Gasteiger partial charge on any atom is 0.374 e. The van der Waals surface area contributed by atoms with Crippen molar-refractivity contribution in [2.24, 2.45) is 0 Å². The van der Waals surface area contributed by atoms with Crippen molar-refractivity contribution < 1.29 is 14.3 Å². The smallest absolute Gasteiger partial charge is 0.374 e. The number of unbranched alkanes of at least 4 members (excludes halogenated alkanes) is 6. The predicted molar refractivity (Wildman–Crippen MR) is 68.9 cm³/mol. The van der Waals surface area contributed by atoms with Crippen molar-refractivity contribution in [3.63, 3.8) is 0 Å². The van der Waals surface area contributed by atoms with Gasteiger partial charge < -0.3 is 4.74 Å². The molecule has 0 aliphatic rings. The van der Waals surface area contributed by atoms with Gasteiger partial charge in [0.25, 0.3) is 0 Å². The maximum atomic E-state index is 11.4. The van der Waals surface area contributed by atoms with E-state index in [0.29, 0.717) is 13.0 Å². The van der Waals surface area contributed by atoms with Crippen LogP contribution >= 0.6 is 0 Å². The third-order valence-electron chi connectivity index (χ3n) is 2.72. The molecular formula is C14H26O3. The normalized spacial score (nSPS) is 10.2. The first kappa shape index (κ1) is 16.1. The lowest BCUT2D eigenvalue weighted by Gasteiger charge is -2.03. The number of carbonyl (C=O) groups excluding carboxylic acids is 2. The lowest BCUT2D eigenvalue weighted by Crippen LogP contribution is -2.17. The van der Waals surface area contributed by atoms with Crippen LogP contribution in [0.1, 0.15) is 71.6 Å². The largest absolute Gasteiger partial charge is 0.460 e. The van der Waals surface area contributed by atoms with Gasteiger partial charge in [0.15, 0.2) is 0 Å². The highest BCUT2D eigenvalue weighted by Crippen LogP contribution is 2.06. The number of hydrogen-bond acceptors (Lipinski definition) is 3. The second-order valence-electron chi connectivity index (χ2n) is 4.43. The van der Waals surface area contributed by atoms with Crippen molar-refractivity contribution in [2.75, 3.05) is 6.61 Å². The van der Waals surface area contributed by atoms with Crippen molar-refractivity contribution in [1.82, 2.24) is 0 Å². The summed E-state index contributed by atoms with van der Waals surface area (Å²) < 4.78 is 4.90. The average molecular weight is 242 g/mol. The summed E-state index contributed by atoms with van der Waals surface area (Å²) in [6, 6.07) is 0. The van der Waals surface area contributed by atoms with E-state index in [-0.39, 0.29) is 5.78 Å². The fraction of sp³-hybridized carbons (Fsp3) is 0.857. The van der Waals surface area contributed by atoms with Crippen LogP contribution in [0.25, 0.3) is 0 Å². The van der Waals surface area contributed by atoms with Crippen LogP contribution < -0.4 is 0 Å². The monoisotopic (exact) mass is 242 g/mol. The van der Waals surface area contributed by atoms with Crippen LogP contribution in [0.15, 0.2) is 0 Å². The van der Waals surface area contributed by atoms with E-state index < -0.39 is 5.97 Å². The summed E-state index contributed by atoms with van der Waals surface area (Å²) in [5.41, 5.74) is 0. The van der Waals surface area contributed by atoms with Crippen LogP contribution in [0.4, 0.5) is 0 Å². The molecule has 0 atom stereocenters. The zero-order valence-electron chi connectivity index (χ0n) is 11.3. The van der Waals surface area contributed by atoms with E-state index in [9.17, 15) is 9.59 Å². The molecule has 0 N–H and O–H groups in total. The molecular weight excluding hydrogens is 216 g/mol. The van der Waals surface area contributed by atoms with Crippen molar-refractivity contribution in [3.8, 4) is 0 Å². The third kappa shape index (κ3) is 10.0. The van der Waals surface area contributed by atoms with E-state index >= 15 is 0 Å². The van der Waals surface area contributed by atoms with Crippen LogP contribution in [0.2, 0.25) is 0 Å². The molecule has 0 radical (unpaired) electrons. The second kappa shape index (κ2) is 11.6. The van der Waals surface area contributed by atoms with Gasteiger partial charge in [-0.05, 0) is 12.8 Å². The molecule has 0 aliphatic heterocycles. The van der Waals surface area contributed by atoms with E-state index in [1.54, 1.807) is 0 Å². The van der Waals surface area contributed by atoms with Gasteiger partial charge in [-0.2, -0.15) is 0 Å². The Hall–Kier alpha value is -0.860. The Morgan fingerprint density at radius 2 is 1.41 bits per heavy atom. The summed E-state index contributed by atoms with van der Waals surface area (Å²) >= 11 is 0. The number of ether oxygens (including phenoxy) is 1. The van der Waals surface area contributed by atoms with Gasteiger partial charge in [0.2, 0.25) is 5.78 Å². The summed E-state index contributed by atoms with van der Waals surface area (Å²) in [6.07, 6.45) is 8.70. The zero-order chi connectivity index (χ0) is 12.9. The van der Waals surface area contributed by atoms with Crippen molar-refractivity contribution in [3.05, 3.63) is 0 Å². The highest BCUT2D eigenvalue weighted by molar-refractivity contribution is 6.33. The molecule has 0 aromatic heterocycles. The second-order valence-corrected chi connectivity index (χ2v) is 4.43. The van der Waals surface area contributed by atoms with E-state index in [1.807, 2.05) is 0 Å². The van der Waals surface area contributed by atoms with Gasteiger partial charge in [0.1, 0.15) is 0 Å². The van der Waals surface area contributed by atoms with Gasteiger partial charge >= 0.3 is 5.97 Å². The summed E-state index contributed by atoms with van der Waals surface area (Å²) in [6.45, 7) is 4.62. The minimum Gasteiger partial charge on any atom is -0.460 e. The highest BCUT2D eigenvalue weighted by Gasteiger charge is 2.13. The first-order chi connectivity index (χ1) is 8.22. The molecule has 0 amide bonds. The average Bonchev–Trinajstić information content (AvgIpc) is 2.34. The lowest BCUT2D eigenvalue weighted by molar-refractivity contribution is -0.154. The summed E-state index contributed by atoms with van der Waals surface area (Å²) in [7, 11) is 0. The van der Waals surface area contributed by atoms with Gasteiger partial charge in [-0.15, -0.1) is 0 Å². The van der Waals surface area contributed by atoms with Crippen molar-refractivity contribution in [2.45, 2.75) is 71.6 Å². The van der Waals surface area contributed by atoms with Gasteiger partial charge in [-0.3, -0.25) is 4.79 Å². The summed E-state index contributed by atoms with van der Waals surface area (Å²) in [5.74, 6) is -1.01. The number of ketones is 1. The lowest BCUT2D eigenvalue weighted by atomic mass is 10.1. The Bertz CT molecular complexity index is 212.